The summed E-state index contributed by atoms with van der Waals surface area (Å²) < 4.78 is 38.7. The number of esters is 1. The number of fused-ring (bicyclic) bond motifs is 1. The molecule has 1 aliphatic carbocycles. The van der Waals surface area contributed by atoms with Crippen molar-refractivity contribution in [2.75, 3.05) is 30.4 Å². The quantitative estimate of drug-likeness (QED) is 0.453. The lowest BCUT2D eigenvalue weighted by atomic mass is 10.1. The van der Waals surface area contributed by atoms with Crippen LogP contribution in [0.5, 0.6) is 5.75 Å². The van der Waals surface area contributed by atoms with Gasteiger partial charge in [-0.05, 0) is 56.0 Å². The van der Waals surface area contributed by atoms with E-state index in [0.717, 1.165) is 39.6 Å². The fraction of sp³-hybridized carbons (Fsp3) is 0.280. The van der Waals surface area contributed by atoms with E-state index in [1.165, 1.54) is 37.7 Å². The molecule has 3 aromatic rings. The fourth-order valence-corrected chi connectivity index (χ4v) is 6.80. The van der Waals surface area contributed by atoms with E-state index in [0.29, 0.717) is 16.3 Å². The Morgan fingerprint density at radius 2 is 1.77 bits per heavy atom. The molecule has 8 nitrogen and oxygen atoms in total. The summed E-state index contributed by atoms with van der Waals surface area (Å²) >= 11 is 1.33. The van der Waals surface area contributed by atoms with E-state index in [4.69, 9.17) is 9.47 Å². The molecule has 2 aromatic carbocycles. The molecule has 10 heteroatoms. The minimum absolute atomic E-state index is 0.0483. The molecule has 0 saturated heterocycles. The number of carbonyl (C=O) groups excluding carboxylic acids is 2. The predicted octanol–water partition coefficient (Wildman–Crippen LogP) is 4.17. The maximum Gasteiger partial charge on any atom is 0.341 e. The molecule has 1 aliphatic rings. The predicted molar refractivity (Wildman–Crippen MR) is 135 cm³/mol. The van der Waals surface area contributed by atoms with Crippen molar-refractivity contribution in [3.63, 3.8) is 0 Å². The summed E-state index contributed by atoms with van der Waals surface area (Å²) in [6, 6.07) is 13.0. The number of anilines is 2. The van der Waals surface area contributed by atoms with Crippen LogP contribution in [0.2, 0.25) is 0 Å². The van der Waals surface area contributed by atoms with Crippen LogP contribution in [-0.4, -0.2) is 41.1 Å². The molecule has 1 amide bonds. The second-order valence-electron chi connectivity index (χ2n) is 8.10. The third-order valence-electron chi connectivity index (χ3n) is 5.81. The Labute approximate surface area is 208 Å². The van der Waals surface area contributed by atoms with Crippen LogP contribution in [-0.2, 0) is 32.4 Å². The highest BCUT2D eigenvalue weighted by molar-refractivity contribution is 7.92. The number of methoxy groups -OCH3 is 2. The Kier molecular flexibility index (Phi) is 7.13. The molecule has 1 N–H and O–H groups in total. The number of carbonyl (C=O) groups is 2. The first-order valence-electron chi connectivity index (χ1n) is 11.0. The summed E-state index contributed by atoms with van der Waals surface area (Å²) in [5, 5.41) is 3.13. The van der Waals surface area contributed by atoms with E-state index in [1.54, 1.807) is 36.4 Å². The van der Waals surface area contributed by atoms with E-state index in [-0.39, 0.29) is 10.6 Å². The molecule has 0 fully saturated rings. The van der Waals surface area contributed by atoms with Gasteiger partial charge < -0.3 is 14.8 Å². The summed E-state index contributed by atoms with van der Waals surface area (Å²) in [6.45, 7) is 1.35. The normalized spacial score (nSPS) is 12.7. The average Bonchev–Trinajstić information content (AvgIpc) is 3.43. The summed E-state index contributed by atoms with van der Waals surface area (Å²) in [5.74, 6) is -0.799. The molecule has 0 atom stereocenters. The number of hydrogen-bond acceptors (Lipinski definition) is 7. The highest BCUT2D eigenvalue weighted by Crippen LogP contribution is 2.40. The molecule has 0 unspecified atom stereocenters. The van der Waals surface area contributed by atoms with Gasteiger partial charge in [0, 0.05) is 4.88 Å². The van der Waals surface area contributed by atoms with Crippen molar-refractivity contribution in [1.29, 1.82) is 0 Å². The summed E-state index contributed by atoms with van der Waals surface area (Å²) in [6.07, 6.45) is 2.51. The molecule has 35 heavy (non-hydrogen) atoms. The van der Waals surface area contributed by atoms with Crippen molar-refractivity contribution in [2.24, 2.45) is 0 Å². The number of rotatable bonds is 8. The van der Waals surface area contributed by atoms with Crippen LogP contribution in [0.4, 0.5) is 10.7 Å². The molecule has 0 saturated carbocycles. The number of thiophene rings is 1. The van der Waals surface area contributed by atoms with E-state index in [2.05, 4.69) is 5.32 Å². The first kappa shape index (κ1) is 24.7. The number of nitrogens with zero attached hydrogens (tertiary/aromatic N) is 1. The molecule has 0 bridgehead atoms. The Bertz CT molecular complexity index is 1360. The molecular weight excluding hydrogens is 488 g/mol. The fourth-order valence-electron chi connectivity index (χ4n) is 4.08. The molecular formula is C25H26N2O6S2. The number of ether oxygens (including phenoxy) is 2. The van der Waals surface area contributed by atoms with Gasteiger partial charge in [-0.15, -0.1) is 11.3 Å². The van der Waals surface area contributed by atoms with Gasteiger partial charge in [0.05, 0.1) is 30.4 Å². The minimum atomic E-state index is -4.11. The topological polar surface area (TPSA) is 102 Å². The number of amides is 1. The van der Waals surface area contributed by atoms with Crippen molar-refractivity contribution >= 4 is 43.9 Å². The van der Waals surface area contributed by atoms with E-state index in [9.17, 15) is 18.0 Å². The monoisotopic (exact) mass is 514 g/mol. The van der Waals surface area contributed by atoms with Gasteiger partial charge in [0.15, 0.2) is 0 Å². The molecule has 184 valence electrons. The minimum Gasteiger partial charge on any atom is -0.495 e. The Balaban J connectivity index is 1.70. The van der Waals surface area contributed by atoms with E-state index < -0.39 is 28.4 Å². The molecule has 0 spiro atoms. The molecule has 1 heterocycles. The van der Waals surface area contributed by atoms with Gasteiger partial charge in [0.1, 0.15) is 17.3 Å². The lowest BCUT2D eigenvalue weighted by Gasteiger charge is -2.25. The van der Waals surface area contributed by atoms with Crippen LogP contribution in [0.3, 0.4) is 0 Å². The zero-order valence-electron chi connectivity index (χ0n) is 19.7. The lowest BCUT2D eigenvalue weighted by molar-refractivity contribution is -0.114. The van der Waals surface area contributed by atoms with Crippen molar-refractivity contribution in [3.8, 4) is 5.75 Å². The second kappa shape index (κ2) is 10.1. The van der Waals surface area contributed by atoms with Gasteiger partial charge in [-0.3, -0.25) is 9.10 Å². The first-order valence-corrected chi connectivity index (χ1v) is 13.3. The third kappa shape index (κ3) is 4.89. The van der Waals surface area contributed by atoms with E-state index in [1.807, 2.05) is 6.92 Å². The zero-order chi connectivity index (χ0) is 25.2. The highest BCUT2D eigenvalue weighted by Gasteiger charge is 2.32. The number of aryl methyl sites for hydroxylation is 2. The van der Waals surface area contributed by atoms with Crippen LogP contribution in [0.15, 0.2) is 53.4 Å². The smallest absolute Gasteiger partial charge is 0.341 e. The van der Waals surface area contributed by atoms with Crippen molar-refractivity contribution < 1.29 is 27.5 Å². The molecule has 1 aromatic heterocycles. The van der Waals surface area contributed by atoms with Gasteiger partial charge in [-0.25, -0.2) is 13.2 Å². The molecule has 4 rings (SSSR count). The van der Waals surface area contributed by atoms with Crippen LogP contribution in [0.25, 0.3) is 0 Å². The molecule has 0 radical (unpaired) electrons. The van der Waals surface area contributed by atoms with Gasteiger partial charge >= 0.3 is 5.97 Å². The number of benzene rings is 2. The summed E-state index contributed by atoms with van der Waals surface area (Å²) in [7, 11) is -1.38. The Hall–Kier alpha value is -3.37. The largest absolute Gasteiger partial charge is 0.495 e. The van der Waals surface area contributed by atoms with E-state index >= 15 is 0 Å². The number of para-hydroxylation sites is 2. The van der Waals surface area contributed by atoms with Gasteiger partial charge in [0.25, 0.3) is 10.0 Å². The van der Waals surface area contributed by atoms with Crippen molar-refractivity contribution in [3.05, 3.63) is 70.1 Å². The van der Waals surface area contributed by atoms with Gasteiger partial charge in [-0.1, -0.05) is 29.8 Å². The maximum atomic E-state index is 13.7. The summed E-state index contributed by atoms with van der Waals surface area (Å²) in [5.41, 5.74) is 2.38. The number of hydrogen-bond donors (Lipinski definition) is 1. The standard InChI is InChI=1S/C25H26N2O6S2/c1-16-11-13-17(14-12-16)35(30,31)27(19-8-4-5-9-20(19)32-2)15-22(28)26-24-23(25(29)33-3)18-7-6-10-21(18)34-24/h4-5,8-9,11-14H,6-7,10,15H2,1-3H3,(H,26,28). The SMILES string of the molecule is COC(=O)c1c(NC(=O)CN(c2ccccc2OC)S(=O)(=O)c2ccc(C)cc2)sc2c1CCC2. The Morgan fingerprint density at radius 1 is 1.06 bits per heavy atom. The van der Waals surface area contributed by atoms with Crippen LogP contribution >= 0.6 is 11.3 Å². The first-order chi connectivity index (χ1) is 16.8. The second-order valence-corrected chi connectivity index (χ2v) is 11.1. The van der Waals surface area contributed by atoms with Crippen LogP contribution in [0, 0.1) is 6.92 Å². The molecule has 0 aliphatic heterocycles. The average molecular weight is 515 g/mol. The number of nitrogens with one attached hydrogen (secondary N) is 1. The summed E-state index contributed by atoms with van der Waals surface area (Å²) in [4.78, 5) is 26.7. The van der Waals surface area contributed by atoms with Gasteiger partial charge in [-0.2, -0.15) is 0 Å². The maximum absolute atomic E-state index is 13.7. The van der Waals surface area contributed by atoms with Crippen molar-refractivity contribution in [1.82, 2.24) is 0 Å². The number of sulfonamides is 1. The third-order valence-corrected chi connectivity index (χ3v) is 8.80. The lowest BCUT2D eigenvalue weighted by Crippen LogP contribution is -2.38. The van der Waals surface area contributed by atoms with Crippen molar-refractivity contribution in [2.45, 2.75) is 31.1 Å². The van der Waals surface area contributed by atoms with Gasteiger partial charge in [0.2, 0.25) is 5.91 Å². The zero-order valence-corrected chi connectivity index (χ0v) is 21.3. The van der Waals surface area contributed by atoms with Crippen LogP contribution < -0.4 is 14.4 Å². The highest BCUT2D eigenvalue weighted by atomic mass is 32.2. The Morgan fingerprint density at radius 3 is 2.46 bits per heavy atom. The van der Waals surface area contributed by atoms with Crippen LogP contribution in [0.1, 0.15) is 32.8 Å².